The third-order valence-corrected chi connectivity index (χ3v) is 3.21. The van der Waals surface area contributed by atoms with Crippen molar-refractivity contribution in [3.8, 4) is 5.75 Å². The molecule has 0 heterocycles. The first-order valence-electron chi connectivity index (χ1n) is 5.31. The summed E-state index contributed by atoms with van der Waals surface area (Å²) in [6.45, 7) is 1.95. The lowest BCUT2D eigenvalue weighted by atomic mass is 10.1. The van der Waals surface area contributed by atoms with Crippen LogP contribution in [0.15, 0.2) is 42.5 Å². The summed E-state index contributed by atoms with van der Waals surface area (Å²) in [5.74, 6) is -0.200. The molecule has 2 rings (SSSR count). The predicted molar refractivity (Wildman–Crippen MR) is 72.6 cm³/mol. The van der Waals surface area contributed by atoms with Gasteiger partial charge in [-0.05, 0) is 31.2 Å². The van der Waals surface area contributed by atoms with E-state index in [2.05, 4.69) is 0 Å². The van der Waals surface area contributed by atoms with Crippen LogP contribution < -0.4 is 4.74 Å². The normalized spacial score (nSPS) is 10.2. The Hall–Kier alpha value is -1.51. The molecule has 2 nitrogen and oxygen atoms in total. The van der Waals surface area contributed by atoms with Crippen molar-refractivity contribution in [1.29, 1.82) is 0 Å². The van der Waals surface area contributed by atoms with Gasteiger partial charge in [-0.15, -0.1) is 0 Å². The largest absolute Gasteiger partial charge is 0.421 e. The third kappa shape index (κ3) is 2.84. The van der Waals surface area contributed by atoms with Crippen LogP contribution in [0.3, 0.4) is 0 Å². The summed E-state index contributed by atoms with van der Waals surface area (Å²) >= 11 is 11.8. The van der Waals surface area contributed by atoms with Crippen LogP contribution in [0.1, 0.15) is 15.9 Å². The minimum atomic E-state index is -0.459. The van der Waals surface area contributed by atoms with Gasteiger partial charge in [0.2, 0.25) is 0 Å². The average molecular weight is 281 g/mol. The number of esters is 1. The summed E-state index contributed by atoms with van der Waals surface area (Å²) < 4.78 is 5.20. The Bertz CT molecular complexity index is 577. The number of halogens is 2. The van der Waals surface area contributed by atoms with Crippen molar-refractivity contribution in [1.82, 2.24) is 0 Å². The number of hydrogen-bond acceptors (Lipinski definition) is 2. The fourth-order valence-electron chi connectivity index (χ4n) is 1.41. The van der Waals surface area contributed by atoms with Crippen LogP contribution in [0.5, 0.6) is 5.75 Å². The molecule has 0 aliphatic rings. The summed E-state index contributed by atoms with van der Waals surface area (Å²) in [6.07, 6.45) is 0. The molecule has 4 heteroatoms. The summed E-state index contributed by atoms with van der Waals surface area (Å²) in [7, 11) is 0. The van der Waals surface area contributed by atoms with Gasteiger partial charge in [0.25, 0.3) is 0 Å². The second-order valence-corrected chi connectivity index (χ2v) is 4.59. The van der Waals surface area contributed by atoms with E-state index >= 15 is 0 Å². The Morgan fingerprint density at radius 3 is 2.39 bits per heavy atom. The maximum atomic E-state index is 11.9. The molecule has 0 radical (unpaired) electrons. The smallest absolute Gasteiger partial charge is 0.343 e. The predicted octanol–water partition coefficient (Wildman–Crippen LogP) is 4.52. The number of benzene rings is 2. The maximum absolute atomic E-state index is 11.9. The number of carbonyl (C=O) groups is 1. The summed E-state index contributed by atoms with van der Waals surface area (Å²) in [6, 6.07) is 12.0. The van der Waals surface area contributed by atoms with E-state index in [4.69, 9.17) is 27.9 Å². The van der Waals surface area contributed by atoms with Crippen molar-refractivity contribution in [3.05, 3.63) is 63.6 Å². The molecular formula is C14H10Cl2O2. The van der Waals surface area contributed by atoms with E-state index < -0.39 is 5.97 Å². The van der Waals surface area contributed by atoms with Gasteiger partial charge < -0.3 is 4.74 Å². The highest BCUT2D eigenvalue weighted by Gasteiger charge is 2.12. The van der Waals surface area contributed by atoms with E-state index in [9.17, 15) is 4.79 Å². The quantitative estimate of drug-likeness (QED) is 0.597. The van der Waals surface area contributed by atoms with Crippen LogP contribution in [-0.2, 0) is 0 Å². The van der Waals surface area contributed by atoms with Gasteiger partial charge in [-0.2, -0.15) is 0 Å². The second-order valence-electron chi connectivity index (χ2n) is 3.81. The monoisotopic (exact) mass is 280 g/mol. The van der Waals surface area contributed by atoms with E-state index in [1.165, 1.54) is 0 Å². The number of aryl methyl sites for hydroxylation is 1. The molecule has 0 saturated carbocycles. The third-order valence-electron chi connectivity index (χ3n) is 2.41. The van der Waals surface area contributed by atoms with E-state index in [0.29, 0.717) is 10.6 Å². The van der Waals surface area contributed by atoms with E-state index in [-0.39, 0.29) is 10.8 Å². The molecule has 0 bridgehead atoms. The van der Waals surface area contributed by atoms with Gasteiger partial charge in [0, 0.05) is 0 Å². The fourth-order valence-corrected chi connectivity index (χ4v) is 1.74. The molecule has 2 aromatic rings. The maximum Gasteiger partial charge on any atom is 0.343 e. The van der Waals surface area contributed by atoms with Gasteiger partial charge in [0.1, 0.15) is 5.02 Å². The minimum absolute atomic E-state index is 0.236. The lowest BCUT2D eigenvalue weighted by molar-refractivity contribution is 0.0735. The van der Waals surface area contributed by atoms with Crippen molar-refractivity contribution in [2.45, 2.75) is 6.92 Å². The van der Waals surface area contributed by atoms with Gasteiger partial charge in [0.15, 0.2) is 5.75 Å². The van der Waals surface area contributed by atoms with Gasteiger partial charge in [-0.3, -0.25) is 0 Å². The first kappa shape index (κ1) is 12.9. The first-order chi connectivity index (χ1) is 8.58. The number of rotatable bonds is 2. The van der Waals surface area contributed by atoms with Crippen molar-refractivity contribution in [2.75, 3.05) is 0 Å². The highest BCUT2D eigenvalue weighted by Crippen LogP contribution is 2.31. The summed E-state index contributed by atoms with van der Waals surface area (Å²) in [5.41, 5.74) is 1.55. The van der Waals surface area contributed by atoms with Gasteiger partial charge in [-0.1, -0.05) is 47.0 Å². The number of ether oxygens (including phenoxy) is 1. The lowest BCUT2D eigenvalue weighted by Gasteiger charge is -2.07. The second kappa shape index (κ2) is 5.42. The Morgan fingerprint density at radius 2 is 1.72 bits per heavy atom. The molecule has 92 valence electrons. The topological polar surface area (TPSA) is 26.3 Å². The fraction of sp³-hybridized carbons (Fsp3) is 0.0714. The molecule has 18 heavy (non-hydrogen) atoms. The highest BCUT2D eigenvalue weighted by molar-refractivity contribution is 6.43. The zero-order chi connectivity index (χ0) is 13.1. The molecule has 0 amide bonds. The molecule has 0 aromatic heterocycles. The molecule has 0 aliphatic carbocycles. The Morgan fingerprint density at radius 1 is 1.06 bits per heavy atom. The number of carbonyl (C=O) groups excluding carboxylic acids is 1. The SMILES string of the molecule is Cc1ccc(C(=O)Oc2cccc(Cl)c2Cl)cc1. The molecule has 0 atom stereocenters. The molecule has 0 unspecified atom stereocenters. The van der Waals surface area contributed by atoms with E-state index in [1.807, 2.05) is 19.1 Å². The van der Waals surface area contributed by atoms with E-state index in [0.717, 1.165) is 5.56 Å². The van der Waals surface area contributed by atoms with Gasteiger partial charge in [-0.25, -0.2) is 4.79 Å². The zero-order valence-corrected chi connectivity index (χ0v) is 11.1. The molecule has 0 N–H and O–H groups in total. The Labute approximate surface area is 115 Å². The summed E-state index contributed by atoms with van der Waals surface area (Å²) in [5, 5.41) is 0.588. The first-order valence-corrected chi connectivity index (χ1v) is 6.06. The lowest BCUT2D eigenvalue weighted by Crippen LogP contribution is -2.08. The molecule has 0 fully saturated rings. The Balaban J connectivity index is 2.21. The van der Waals surface area contributed by atoms with Crippen LogP contribution in [0.2, 0.25) is 10.0 Å². The molecule has 0 aliphatic heterocycles. The Kier molecular flexibility index (Phi) is 3.90. The van der Waals surface area contributed by atoms with Gasteiger partial charge in [0.05, 0.1) is 10.6 Å². The van der Waals surface area contributed by atoms with Crippen LogP contribution in [0.4, 0.5) is 0 Å². The van der Waals surface area contributed by atoms with Gasteiger partial charge >= 0.3 is 5.97 Å². The molecule has 2 aromatic carbocycles. The average Bonchev–Trinajstić information content (AvgIpc) is 2.36. The number of hydrogen-bond donors (Lipinski definition) is 0. The minimum Gasteiger partial charge on any atom is -0.421 e. The van der Waals surface area contributed by atoms with Crippen LogP contribution >= 0.6 is 23.2 Å². The van der Waals surface area contributed by atoms with Crippen LogP contribution in [-0.4, -0.2) is 5.97 Å². The molecule has 0 saturated heterocycles. The van der Waals surface area contributed by atoms with Crippen molar-refractivity contribution < 1.29 is 9.53 Å². The van der Waals surface area contributed by atoms with E-state index in [1.54, 1.807) is 30.3 Å². The van der Waals surface area contributed by atoms with Crippen molar-refractivity contribution in [2.24, 2.45) is 0 Å². The van der Waals surface area contributed by atoms with Crippen LogP contribution in [0.25, 0.3) is 0 Å². The van der Waals surface area contributed by atoms with Crippen molar-refractivity contribution in [3.63, 3.8) is 0 Å². The van der Waals surface area contributed by atoms with Crippen LogP contribution in [0, 0.1) is 6.92 Å². The highest BCUT2D eigenvalue weighted by atomic mass is 35.5. The van der Waals surface area contributed by atoms with Crippen molar-refractivity contribution >= 4 is 29.2 Å². The molecule has 0 spiro atoms. The summed E-state index contributed by atoms with van der Waals surface area (Å²) in [4.78, 5) is 11.9. The standard InChI is InChI=1S/C14H10Cl2O2/c1-9-5-7-10(8-6-9)14(17)18-12-4-2-3-11(15)13(12)16/h2-8H,1H3. The zero-order valence-electron chi connectivity index (χ0n) is 9.61. The molecular weight excluding hydrogens is 271 g/mol.